The summed E-state index contributed by atoms with van der Waals surface area (Å²) in [5, 5.41) is 9.71. The minimum absolute atomic E-state index is 0.335. The van der Waals surface area contributed by atoms with E-state index in [-0.39, 0.29) is 0 Å². The van der Waals surface area contributed by atoms with Gasteiger partial charge < -0.3 is 5.11 Å². The number of hydrogen-bond donors (Lipinski definition) is 1. The molecule has 0 bridgehead atoms. The second-order valence-corrected chi connectivity index (χ2v) is 6.21. The lowest BCUT2D eigenvalue weighted by molar-refractivity contribution is 0.0697. The largest absolute Gasteiger partial charge is 0.478 e. The first kappa shape index (κ1) is 15.1. The van der Waals surface area contributed by atoms with E-state index in [0.717, 1.165) is 36.6 Å². The smallest absolute Gasteiger partial charge is 0.335 e. The Bertz CT molecular complexity index is 669. The second-order valence-electron chi connectivity index (χ2n) is 5.78. The van der Waals surface area contributed by atoms with E-state index in [1.54, 1.807) is 12.1 Å². The number of nitrogens with zero attached hydrogens (tertiary/aromatic N) is 1. The first-order chi connectivity index (χ1) is 10.6. The van der Waals surface area contributed by atoms with Crippen LogP contribution in [0.5, 0.6) is 0 Å². The number of benzene rings is 2. The van der Waals surface area contributed by atoms with Crippen molar-refractivity contribution in [1.29, 1.82) is 0 Å². The van der Waals surface area contributed by atoms with Gasteiger partial charge in [-0.3, -0.25) is 4.90 Å². The molecule has 2 aromatic carbocycles. The molecule has 0 aromatic heterocycles. The SMILES string of the molecule is O=C(O)c1ccc(CN2CCC(c3cccc(Cl)c3)C2)cc1. The van der Waals surface area contributed by atoms with E-state index >= 15 is 0 Å². The molecule has 1 saturated heterocycles. The van der Waals surface area contributed by atoms with Gasteiger partial charge in [-0.25, -0.2) is 4.79 Å². The Morgan fingerprint density at radius 2 is 2.00 bits per heavy atom. The fourth-order valence-electron chi connectivity index (χ4n) is 3.02. The van der Waals surface area contributed by atoms with Gasteiger partial charge >= 0.3 is 5.97 Å². The van der Waals surface area contributed by atoms with Gasteiger partial charge in [0.25, 0.3) is 0 Å². The maximum Gasteiger partial charge on any atom is 0.335 e. The molecular formula is C18H18ClNO2. The Balaban J connectivity index is 1.62. The summed E-state index contributed by atoms with van der Waals surface area (Å²) < 4.78 is 0. The zero-order valence-electron chi connectivity index (χ0n) is 12.2. The highest BCUT2D eigenvalue weighted by molar-refractivity contribution is 6.30. The Morgan fingerprint density at radius 3 is 2.68 bits per heavy atom. The van der Waals surface area contributed by atoms with E-state index in [2.05, 4.69) is 17.0 Å². The van der Waals surface area contributed by atoms with Crippen molar-refractivity contribution in [2.24, 2.45) is 0 Å². The molecule has 1 atom stereocenters. The Morgan fingerprint density at radius 1 is 1.23 bits per heavy atom. The molecule has 3 rings (SSSR count). The van der Waals surface area contributed by atoms with Gasteiger partial charge in [-0.15, -0.1) is 0 Å². The van der Waals surface area contributed by atoms with Crippen LogP contribution in [0.2, 0.25) is 5.02 Å². The van der Waals surface area contributed by atoms with Crippen LogP contribution in [0.3, 0.4) is 0 Å². The average Bonchev–Trinajstić information content (AvgIpc) is 2.96. The first-order valence-electron chi connectivity index (χ1n) is 7.42. The van der Waals surface area contributed by atoms with Gasteiger partial charge in [0.05, 0.1) is 5.56 Å². The highest BCUT2D eigenvalue weighted by atomic mass is 35.5. The average molecular weight is 316 g/mol. The quantitative estimate of drug-likeness (QED) is 0.926. The Labute approximate surface area is 135 Å². The molecular weight excluding hydrogens is 298 g/mol. The zero-order valence-corrected chi connectivity index (χ0v) is 13.0. The molecule has 0 radical (unpaired) electrons. The molecule has 22 heavy (non-hydrogen) atoms. The van der Waals surface area contributed by atoms with Crippen molar-refractivity contribution in [2.45, 2.75) is 18.9 Å². The molecule has 1 aliphatic rings. The van der Waals surface area contributed by atoms with Gasteiger partial charge in [0, 0.05) is 18.1 Å². The summed E-state index contributed by atoms with van der Waals surface area (Å²) in [6, 6.07) is 15.2. The minimum atomic E-state index is -0.881. The fourth-order valence-corrected chi connectivity index (χ4v) is 3.22. The summed E-state index contributed by atoms with van der Waals surface area (Å²) in [5.74, 6) is -0.356. The van der Waals surface area contributed by atoms with Gasteiger partial charge in [0.1, 0.15) is 0 Å². The van der Waals surface area contributed by atoms with Crippen molar-refractivity contribution in [3.63, 3.8) is 0 Å². The molecule has 0 saturated carbocycles. The number of carboxylic acids is 1. The summed E-state index contributed by atoms with van der Waals surface area (Å²) >= 11 is 6.07. The molecule has 114 valence electrons. The van der Waals surface area contributed by atoms with E-state index in [1.807, 2.05) is 24.3 Å². The number of rotatable bonds is 4. The van der Waals surface area contributed by atoms with Crippen LogP contribution < -0.4 is 0 Å². The zero-order chi connectivity index (χ0) is 15.5. The third-order valence-electron chi connectivity index (χ3n) is 4.20. The van der Waals surface area contributed by atoms with E-state index in [1.165, 1.54) is 5.56 Å². The molecule has 3 nitrogen and oxygen atoms in total. The Kier molecular flexibility index (Phi) is 4.46. The maximum absolute atomic E-state index is 10.9. The summed E-state index contributed by atoms with van der Waals surface area (Å²) in [5.41, 5.74) is 2.79. The monoisotopic (exact) mass is 315 g/mol. The number of hydrogen-bond acceptors (Lipinski definition) is 2. The van der Waals surface area contributed by atoms with Crippen molar-refractivity contribution >= 4 is 17.6 Å². The predicted molar refractivity (Wildman–Crippen MR) is 87.5 cm³/mol. The van der Waals surface area contributed by atoms with Crippen LogP contribution >= 0.6 is 11.6 Å². The standard InChI is InChI=1S/C18H18ClNO2/c19-17-3-1-2-15(10-17)16-8-9-20(12-16)11-13-4-6-14(7-5-13)18(21)22/h1-7,10,16H,8-9,11-12H2,(H,21,22). The van der Waals surface area contributed by atoms with E-state index in [9.17, 15) is 4.79 Å². The molecule has 0 spiro atoms. The highest BCUT2D eigenvalue weighted by Crippen LogP contribution is 2.29. The van der Waals surface area contributed by atoms with Crippen LogP contribution in [-0.2, 0) is 6.54 Å². The van der Waals surface area contributed by atoms with E-state index < -0.39 is 5.97 Å². The van der Waals surface area contributed by atoms with Gasteiger partial charge in [-0.05, 0) is 54.3 Å². The molecule has 4 heteroatoms. The minimum Gasteiger partial charge on any atom is -0.478 e. The topological polar surface area (TPSA) is 40.5 Å². The number of carboxylic acid groups (broad SMARTS) is 1. The van der Waals surface area contributed by atoms with Crippen LogP contribution in [0.25, 0.3) is 0 Å². The van der Waals surface area contributed by atoms with Crippen LogP contribution in [-0.4, -0.2) is 29.1 Å². The molecule has 0 amide bonds. The number of aromatic carboxylic acids is 1. The fraction of sp³-hybridized carbons (Fsp3) is 0.278. The number of halogens is 1. The summed E-state index contributed by atoms with van der Waals surface area (Å²) in [6.45, 7) is 2.93. The molecule has 1 aliphatic heterocycles. The van der Waals surface area contributed by atoms with Crippen LogP contribution in [0, 0.1) is 0 Å². The van der Waals surface area contributed by atoms with Gasteiger partial charge in [-0.1, -0.05) is 35.9 Å². The highest BCUT2D eigenvalue weighted by Gasteiger charge is 2.23. The molecule has 0 aliphatic carbocycles. The first-order valence-corrected chi connectivity index (χ1v) is 7.79. The summed E-state index contributed by atoms with van der Waals surface area (Å²) in [4.78, 5) is 13.3. The van der Waals surface area contributed by atoms with Crippen molar-refractivity contribution in [1.82, 2.24) is 4.90 Å². The molecule has 1 N–H and O–H groups in total. The van der Waals surface area contributed by atoms with Gasteiger partial charge in [-0.2, -0.15) is 0 Å². The number of likely N-dealkylation sites (tertiary alicyclic amines) is 1. The second kappa shape index (κ2) is 6.51. The molecule has 1 heterocycles. The van der Waals surface area contributed by atoms with Crippen LogP contribution in [0.4, 0.5) is 0 Å². The van der Waals surface area contributed by atoms with Crippen molar-refractivity contribution < 1.29 is 9.90 Å². The van der Waals surface area contributed by atoms with E-state index in [4.69, 9.17) is 16.7 Å². The molecule has 1 fully saturated rings. The predicted octanol–water partition coefficient (Wildman–Crippen LogP) is 4.03. The summed E-state index contributed by atoms with van der Waals surface area (Å²) in [6.07, 6.45) is 1.13. The Hall–Kier alpha value is -1.84. The lowest BCUT2D eigenvalue weighted by Crippen LogP contribution is -2.19. The molecule has 2 aromatic rings. The normalized spacial score (nSPS) is 18.5. The van der Waals surface area contributed by atoms with Crippen molar-refractivity contribution in [2.75, 3.05) is 13.1 Å². The number of carbonyl (C=O) groups is 1. The van der Waals surface area contributed by atoms with Gasteiger partial charge in [0.2, 0.25) is 0 Å². The van der Waals surface area contributed by atoms with Gasteiger partial charge in [0.15, 0.2) is 0 Å². The lowest BCUT2D eigenvalue weighted by atomic mass is 9.99. The lowest BCUT2D eigenvalue weighted by Gasteiger charge is -2.16. The van der Waals surface area contributed by atoms with Crippen LogP contribution in [0.15, 0.2) is 48.5 Å². The van der Waals surface area contributed by atoms with Crippen molar-refractivity contribution in [3.05, 3.63) is 70.2 Å². The maximum atomic E-state index is 10.9. The third kappa shape index (κ3) is 3.49. The molecule has 1 unspecified atom stereocenters. The van der Waals surface area contributed by atoms with Crippen molar-refractivity contribution in [3.8, 4) is 0 Å². The third-order valence-corrected chi connectivity index (χ3v) is 4.43. The summed E-state index contributed by atoms with van der Waals surface area (Å²) in [7, 11) is 0. The van der Waals surface area contributed by atoms with Crippen LogP contribution in [0.1, 0.15) is 33.8 Å². The van der Waals surface area contributed by atoms with E-state index in [0.29, 0.717) is 11.5 Å².